The maximum atomic E-state index is 10.4. The van der Waals surface area contributed by atoms with Gasteiger partial charge in [-0.25, -0.2) is 0 Å². The lowest BCUT2D eigenvalue weighted by molar-refractivity contribution is -0.136. The van der Waals surface area contributed by atoms with Gasteiger partial charge in [-0.05, 0) is 18.4 Å². The number of carboxylic acid groups (broad SMARTS) is 1. The molecule has 3 heteroatoms. The first-order valence-electron chi connectivity index (χ1n) is 4.11. The molecular weight excluding hydrogens is 188 g/mol. The number of carbonyl (C=O) groups is 1. The minimum Gasteiger partial charge on any atom is -0.480 e. The van der Waals surface area contributed by atoms with Gasteiger partial charge >= 0.3 is 5.97 Å². The number of aliphatic carboxylic acids is 1. The van der Waals surface area contributed by atoms with E-state index in [2.05, 4.69) is 0 Å². The van der Waals surface area contributed by atoms with Crippen LogP contribution in [-0.4, -0.2) is 16.5 Å². The highest BCUT2D eigenvalue weighted by Crippen LogP contribution is 2.08. The molecule has 0 aromatic heterocycles. The van der Waals surface area contributed by atoms with Crippen LogP contribution in [0.5, 0.6) is 0 Å². The van der Waals surface area contributed by atoms with Gasteiger partial charge in [0.15, 0.2) is 0 Å². The van der Waals surface area contributed by atoms with E-state index in [1.54, 1.807) is 0 Å². The number of aryl methyl sites for hydroxylation is 1. The molecule has 0 unspecified atom stereocenters. The first kappa shape index (κ1) is 10.1. The zero-order valence-electron chi connectivity index (χ0n) is 7.11. The molecule has 1 rings (SSSR count). The Labute approximate surface area is 82.2 Å². The van der Waals surface area contributed by atoms with E-state index >= 15 is 0 Å². The topological polar surface area (TPSA) is 37.3 Å². The monoisotopic (exact) mass is 198 g/mol. The van der Waals surface area contributed by atoms with E-state index < -0.39 is 11.3 Å². The molecule has 0 saturated heterocycles. The molecule has 1 N–H and O–H groups in total. The Bertz CT molecular complexity index is 272. The van der Waals surface area contributed by atoms with Crippen molar-refractivity contribution in [1.82, 2.24) is 0 Å². The summed E-state index contributed by atoms with van der Waals surface area (Å²) in [6.45, 7) is 0. The molecule has 0 fully saturated rings. The first-order chi connectivity index (χ1) is 6.20. The van der Waals surface area contributed by atoms with Crippen LogP contribution >= 0.6 is 11.6 Å². The van der Waals surface area contributed by atoms with Gasteiger partial charge in [0.05, 0.1) is 0 Å². The van der Waals surface area contributed by atoms with E-state index in [0.29, 0.717) is 12.8 Å². The number of carboxylic acids is 1. The first-order valence-corrected chi connectivity index (χ1v) is 4.54. The number of rotatable bonds is 4. The molecule has 0 radical (unpaired) electrons. The fourth-order valence-electron chi connectivity index (χ4n) is 1.06. The third-order valence-electron chi connectivity index (χ3n) is 1.80. The van der Waals surface area contributed by atoms with Crippen LogP contribution < -0.4 is 0 Å². The zero-order valence-corrected chi connectivity index (χ0v) is 7.87. The molecule has 13 heavy (non-hydrogen) atoms. The Hall–Kier alpha value is -1.02. The van der Waals surface area contributed by atoms with Gasteiger partial charge < -0.3 is 5.11 Å². The lowest BCUT2D eigenvalue weighted by Gasteiger charge is -2.03. The lowest BCUT2D eigenvalue weighted by Crippen LogP contribution is -2.13. The zero-order chi connectivity index (χ0) is 9.68. The molecule has 1 aromatic carbocycles. The number of hydrogen-bond acceptors (Lipinski definition) is 1. The highest BCUT2D eigenvalue weighted by molar-refractivity contribution is 6.29. The molecular formula is C10H11ClO2. The van der Waals surface area contributed by atoms with Crippen LogP contribution in [0.15, 0.2) is 30.3 Å². The maximum Gasteiger partial charge on any atom is 0.321 e. The van der Waals surface area contributed by atoms with Crippen molar-refractivity contribution in [3.63, 3.8) is 0 Å². The van der Waals surface area contributed by atoms with Crippen LogP contribution in [-0.2, 0) is 11.2 Å². The Kier molecular flexibility index (Phi) is 3.77. The molecule has 0 aliphatic carbocycles. The molecule has 0 amide bonds. The number of halogens is 1. The fourth-order valence-corrected chi connectivity index (χ4v) is 1.17. The van der Waals surface area contributed by atoms with Crippen molar-refractivity contribution >= 4 is 17.6 Å². The van der Waals surface area contributed by atoms with E-state index in [9.17, 15) is 4.79 Å². The molecule has 0 aliphatic rings. The van der Waals surface area contributed by atoms with Crippen LogP contribution in [0.25, 0.3) is 0 Å². The third kappa shape index (κ3) is 3.47. The second kappa shape index (κ2) is 4.87. The summed E-state index contributed by atoms with van der Waals surface area (Å²) in [6.07, 6.45) is 1.18. The largest absolute Gasteiger partial charge is 0.480 e. The second-order valence-electron chi connectivity index (χ2n) is 2.83. The van der Waals surface area contributed by atoms with Crippen molar-refractivity contribution in [2.45, 2.75) is 18.2 Å². The van der Waals surface area contributed by atoms with Gasteiger partial charge in [0.1, 0.15) is 5.38 Å². The van der Waals surface area contributed by atoms with Gasteiger partial charge in [-0.2, -0.15) is 0 Å². The van der Waals surface area contributed by atoms with Crippen molar-refractivity contribution < 1.29 is 9.90 Å². The van der Waals surface area contributed by atoms with Crippen LogP contribution in [0.4, 0.5) is 0 Å². The summed E-state index contributed by atoms with van der Waals surface area (Å²) in [5, 5.41) is 7.75. The SMILES string of the molecule is O=C(O)[C@@H](Cl)CCc1ccccc1. The molecule has 2 nitrogen and oxygen atoms in total. The summed E-state index contributed by atoms with van der Waals surface area (Å²) in [5.41, 5.74) is 1.12. The smallest absolute Gasteiger partial charge is 0.321 e. The van der Waals surface area contributed by atoms with Gasteiger partial charge in [0.25, 0.3) is 0 Å². The van der Waals surface area contributed by atoms with Gasteiger partial charge in [0.2, 0.25) is 0 Å². The summed E-state index contributed by atoms with van der Waals surface area (Å²) in [6, 6.07) is 9.72. The number of alkyl halides is 1. The Morgan fingerprint density at radius 3 is 2.54 bits per heavy atom. The minimum atomic E-state index is -0.947. The molecule has 1 atom stereocenters. The predicted molar refractivity (Wildman–Crippen MR) is 52.0 cm³/mol. The molecule has 0 bridgehead atoms. The van der Waals surface area contributed by atoms with E-state index in [-0.39, 0.29) is 0 Å². The van der Waals surface area contributed by atoms with Crippen molar-refractivity contribution in [1.29, 1.82) is 0 Å². The summed E-state index contributed by atoms with van der Waals surface area (Å²) >= 11 is 5.57. The molecule has 70 valence electrons. The fraction of sp³-hybridized carbons (Fsp3) is 0.300. The molecule has 1 aromatic rings. The van der Waals surface area contributed by atoms with Gasteiger partial charge in [0, 0.05) is 0 Å². The van der Waals surface area contributed by atoms with Crippen molar-refractivity contribution in [3.05, 3.63) is 35.9 Å². The van der Waals surface area contributed by atoms with Gasteiger partial charge in [-0.15, -0.1) is 11.6 Å². The van der Waals surface area contributed by atoms with Crippen LogP contribution in [0.2, 0.25) is 0 Å². The van der Waals surface area contributed by atoms with E-state index in [0.717, 1.165) is 5.56 Å². The summed E-state index contributed by atoms with van der Waals surface area (Å²) in [5.74, 6) is -0.947. The average molecular weight is 199 g/mol. The van der Waals surface area contributed by atoms with Crippen LogP contribution in [0.3, 0.4) is 0 Å². The Balaban J connectivity index is 2.39. The van der Waals surface area contributed by atoms with E-state index in [4.69, 9.17) is 16.7 Å². The van der Waals surface area contributed by atoms with Crippen molar-refractivity contribution in [2.24, 2.45) is 0 Å². The van der Waals surface area contributed by atoms with E-state index in [1.165, 1.54) is 0 Å². The summed E-state index contributed by atoms with van der Waals surface area (Å²) in [7, 11) is 0. The van der Waals surface area contributed by atoms with Crippen LogP contribution in [0, 0.1) is 0 Å². The summed E-state index contributed by atoms with van der Waals surface area (Å²) < 4.78 is 0. The average Bonchev–Trinajstić information content (AvgIpc) is 2.15. The van der Waals surface area contributed by atoms with Crippen molar-refractivity contribution in [2.75, 3.05) is 0 Å². The predicted octanol–water partition coefficient (Wildman–Crippen LogP) is 2.31. The molecule has 0 spiro atoms. The minimum absolute atomic E-state index is 0.473. The molecule has 0 aliphatic heterocycles. The normalized spacial score (nSPS) is 12.4. The van der Waals surface area contributed by atoms with Gasteiger partial charge in [-0.1, -0.05) is 30.3 Å². The van der Waals surface area contributed by atoms with Crippen LogP contribution in [0.1, 0.15) is 12.0 Å². The highest BCUT2D eigenvalue weighted by Gasteiger charge is 2.12. The number of hydrogen-bond donors (Lipinski definition) is 1. The Morgan fingerprint density at radius 1 is 1.38 bits per heavy atom. The quantitative estimate of drug-likeness (QED) is 0.754. The molecule has 0 saturated carbocycles. The van der Waals surface area contributed by atoms with Gasteiger partial charge in [-0.3, -0.25) is 4.79 Å². The maximum absolute atomic E-state index is 10.4. The lowest BCUT2D eigenvalue weighted by atomic mass is 10.1. The number of benzene rings is 1. The Morgan fingerprint density at radius 2 is 2.00 bits per heavy atom. The second-order valence-corrected chi connectivity index (χ2v) is 3.36. The summed E-state index contributed by atoms with van der Waals surface area (Å²) in [4.78, 5) is 10.4. The molecule has 0 heterocycles. The third-order valence-corrected chi connectivity index (χ3v) is 2.20. The standard InChI is InChI=1S/C10H11ClO2/c11-9(10(12)13)7-6-8-4-2-1-3-5-8/h1-5,9H,6-7H2,(H,12,13)/t9-/m0/s1. The highest BCUT2D eigenvalue weighted by atomic mass is 35.5. The van der Waals surface area contributed by atoms with Crippen molar-refractivity contribution in [3.8, 4) is 0 Å². The van der Waals surface area contributed by atoms with E-state index in [1.807, 2.05) is 30.3 Å².